The molecule has 1 aliphatic rings. The number of carbonyl (C=O) groups is 1. The fourth-order valence-corrected chi connectivity index (χ4v) is 7.85. The number of nitrogens with zero attached hydrogens (tertiary/aromatic N) is 3. The van der Waals surface area contributed by atoms with Gasteiger partial charge < -0.3 is 19.1 Å². The van der Waals surface area contributed by atoms with Crippen molar-refractivity contribution in [2.24, 2.45) is 4.99 Å². The number of thiazole rings is 1. The van der Waals surface area contributed by atoms with E-state index in [-0.39, 0.29) is 17.7 Å². The maximum Gasteiger partial charge on any atom is 0.338 e. The first-order valence-corrected chi connectivity index (χ1v) is 17.4. The fourth-order valence-electron chi connectivity index (χ4n) is 6.24. The van der Waals surface area contributed by atoms with Crippen molar-refractivity contribution in [3.8, 4) is 11.5 Å². The van der Waals surface area contributed by atoms with Crippen LogP contribution in [0.4, 0.5) is 5.69 Å². The van der Waals surface area contributed by atoms with Crippen molar-refractivity contribution < 1.29 is 19.0 Å². The number of halogens is 1. The van der Waals surface area contributed by atoms with Gasteiger partial charge in [0, 0.05) is 40.3 Å². The predicted octanol–water partition coefficient (Wildman–Crippen LogP) is 6.71. The molecule has 0 aliphatic carbocycles. The molecule has 6 rings (SSSR count). The third-order valence-electron chi connectivity index (χ3n) is 8.49. The number of carbonyl (C=O) groups excluding carboxylic acids is 1. The number of benzene rings is 4. The lowest BCUT2D eigenvalue weighted by Gasteiger charge is -2.28. The topological polar surface area (TPSA) is 82.4 Å². The molecule has 8 nitrogen and oxygen atoms in total. The van der Waals surface area contributed by atoms with Crippen LogP contribution in [0.2, 0.25) is 0 Å². The van der Waals surface area contributed by atoms with Gasteiger partial charge in [-0.1, -0.05) is 72.0 Å². The number of methoxy groups -OCH3 is 2. The quantitative estimate of drug-likeness (QED) is 0.149. The minimum atomic E-state index is -0.891. The largest absolute Gasteiger partial charge is 0.496 e. The van der Waals surface area contributed by atoms with Crippen LogP contribution in [0.3, 0.4) is 0 Å². The number of ether oxygens (including phenoxy) is 3. The zero-order valence-electron chi connectivity index (χ0n) is 27.5. The highest BCUT2D eigenvalue weighted by atomic mass is 79.9. The summed E-state index contributed by atoms with van der Waals surface area (Å²) in [4.78, 5) is 36.4. The van der Waals surface area contributed by atoms with E-state index in [1.54, 1.807) is 25.7 Å². The molecule has 0 saturated carbocycles. The fraction of sp³-hybridized carbons (Fsp3) is 0.237. The van der Waals surface area contributed by atoms with E-state index >= 15 is 0 Å². The van der Waals surface area contributed by atoms with Gasteiger partial charge in [0.05, 0.1) is 42.3 Å². The van der Waals surface area contributed by atoms with Crippen LogP contribution in [0.15, 0.2) is 98.7 Å². The SMILES string of the molecule is CCOC(=O)C1=C(c2ccccc2)N=c2sc(=Cc3cc(Br)c(N(CC)CC)cc3OC)c(=O)n2[C@H]1c1c(OC)ccc2ccccc12. The first-order valence-electron chi connectivity index (χ1n) is 15.8. The van der Waals surface area contributed by atoms with Crippen LogP contribution in [0.1, 0.15) is 43.5 Å². The van der Waals surface area contributed by atoms with Crippen molar-refractivity contribution in [2.45, 2.75) is 26.8 Å². The zero-order chi connectivity index (χ0) is 33.9. The monoisotopic (exact) mass is 725 g/mol. The third kappa shape index (κ3) is 5.95. The summed E-state index contributed by atoms with van der Waals surface area (Å²) in [6.07, 6.45) is 1.83. The van der Waals surface area contributed by atoms with Crippen LogP contribution in [0, 0.1) is 0 Å². The summed E-state index contributed by atoms with van der Waals surface area (Å²) in [7, 11) is 3.22. The molecule has 48 heavy (non-hydrogen) atoms. The van der Waals surface area contributed by atoms with Crippen LogP contribution in [-0.4, -0.2) is 44.5 Å². The number of rotatable bonds is 10. The second kappa shape index (κ2) is 14.2. The first-order chi connectivity index (χ1) is 23.3. The molecule has 1 atom stereocenters. The molecule has 0 bridgehead atoms. The minimum absolute atomic E-state index is 0.159. The van der Waals surface area contributed by atoms with Gasteiger partial charge in [0.25, 0.3) is 5.56 Å². The Kier molecular flexibility index (Phi) is 9.84. The summed E-state index contributed by atoms with van der Waals surface area (Å²) in [5.74, 6) is 0.629. The van der Waals surface area contributed by atoms with Gasteiger partial charge in [-0.25, -0.2) is 9.79 Å². The Balaban J connectivity index is 1.70. The van der Waals surface area contributed by atoms with E-state index in [2.05, 4.69) is 34.7 Å². The van der Waals surface area contributed by atoms with Gasteiger partial charge in [-0.05, 0) is 65.7 Å². The van der Waals surface area contributed by atoms with Gasteiger partial charge in [-0.2, -0.15) is 0 Å². The van der Waals surface area contributed by atoms with Gasteiger partial charge in [0.2, 0.25) is 0 Å². The summed E-state index contributed by atoms with van der Waals surface area (Å²) in [5, 5.41) is 1.80. The van der Waals surface area contributed by atoms with Crippen molar-refractivity contribution in [3.05, 3.63) is 125 Å². The molecule has 0 spiro atoms. The maximum absolute atomic E-state index is 14.7. The number of anilines is 1. The second-order valence-electron chi connectivity index (χ2n) is 11.1. The lowest BCUT2D eigenvalue weighted by Crippen LogP contribution is -2.40. The molecule has 10 heteroatoms. The summed E-state index contributed by atoms with van der Waals surface area (Å²) in [6, 6.07) is 24.3. The Bertz CT molecular complexity index is 2220. The Morgan fingerprint density at radius 2 is 1.67 bits per heavy atom. The summed E-state index contributed by atoms with van der Waals surface area (Å²) >= 11 is 5.01. The first kappa shape index (κ1) is 33.2. The normalized spacial score (nSPS) is 14.5. The van der Waals surface area contributed by atoms with Crippen molar-refractivity contribution in [2.75, 3.05) is 38.8 Å². The van der Waals surface area contributed by atoms with Crippen LogP contribution in [0.5, 0.6) is 11.5 Å². The molecule has 0 radical (unpaired) electrons. The highest BCUT2D eigenvalue weighted by Gasteiger charge is 2.37. The molecular weight excluding hydrogens is 690 g/mol. The van der Waals surface area contributed by atoms with E-state index in [0.29, 0.717) is 32.1 Å². The van der Waals surface area contributed by atoms with Gasteiger partial charge >= 0.3 is 5.97 Å². The summed E-state index contributed by atoms with van der Waals surface area (Å²) in [5.41, 5.74) is 3.58. The Hall–Kier alpha value is -4.67. The van der Waals surface area contributed by atoms with Gasteiger partial charge in [-0.3, -0.25) is 9.36 Å². The second-order valence-corrected chi connectivity index (χ2v) is 12.9. The number of hydrogen-bond acceptors (Lipinski definition) is 8. The number of aromatic nitrogens is 1. The van der Waals surface area contributed by atoms with Gasteiger partial charge in [-0.15, -0.1) is 0 Å². The predicted molar refractivity (Wildman–Crippen MR) is 196 cm³/mol. The van der Waals surface area contributed by atoms with Crippen molar-refractivity contribution in [1.82, 2.24) is 4.57 Å². The van der Waals surface area contributed by atoms with Crippen molar-refractivity contribution in [1.29, 1.82) is 0 Å². The van der Waals surface area contributed by atoms with Crippen LogP contribution < -0.4 is 29.3 Å². The lowest BCUT2D eigenvalue weighted by molar-refractivity contribution is -0.138. The van der Waals surface area contributed by atoms with E-state index in [1.807, 2.05) is 84.9 Å². The van der Waals surface area contributed by atoms with Crippen LogP contribution >= 0.6 is 27.3 Å². The average molecular weight is 727 g/mol. The van der Waals surface area contributed by atoms with E-state index in [1.165, 1.54) is 11.3 Å². The molecule has 0 fully saturated rings. The Morgan fingerprint density at radius 3 is 2.35 bits per heavy atom. The van der Waals surface area contributed by atoms with Crippen LogP contribution in [-0.2, 0) is 9.53 Å². The highest BCUT2D eigenvalue weighted by molar-refractivity contribution is 9.10. The molecule has 0 unspecified atom stereocenters. The molecule has 5 aromatic rings. The number of esters is 1. The number of fused-ring (bicyclic) bond motifs is 2. The van der Waals surface area contributed by atoms with Crippen LogP contribution in [0.25, 0.3) is 22.5 Å². The maximum atomic E-state index is 14.7. The molecule has 0 amide bonds. The molecule has 4 aromatic carbocycles. The van der Waals surface area contributed by atoms with Gasteiger partial charge in [0.1, 0.15) is 17.5 Å². The molecule has 1 aliphatic heterocycles. The van der Waals surface area contributed by atoms with E-state index in [4.69, 9.17) is 19.2 Å². The Morgan fingerprint density at radius 1 is 0.958 bits per heavy atom. The number of hydrogen-bond donors (Lipinski definition) is 0. The highest BCUT2D eigenvalue weighted by Crippen LogP contribution is 2.42. The smallest absolute Gasteiger partial charge is 0.338 e. The molecule has 2 heterocycles. The zero-order valence-corrected chi connectivity index (χ0v) is 29.9. The van der Waals surface area contributed by atoms with E-state index in [0.717, 1.165) is 45.1 Å². The molecular formula is C38H36BrN3O5S. The molecule has 0 saturated heterocycles. The summed E-state index contributed by atoms with van der Waals surface area (Å²) in [6.45, 7) is 7.80. The van der Waals surface area contributed by atoms with E-state index < -0.39 is 12.0 Å². The molecule has 246 valence electrons. The molecule has 1 aromatic heterocycles. The average Bonchev–Trinajstić information content (AvgIpc) is 3.42. The third-order valence-corrected chi connectivity index (χ3v) is 10.1. The molecule has 0 N–H and O–H groups in total. The minimum Gasteiger partial charge on any atom is -0.496 e. The summed E-state index contributed by atoms with van der Waals surface area (Å²) < 4.78 is 20.4. The van der Waals surface area contributed by atoms with Gasteiger partial charge in [0.15, 0.2) is 4.80 Å². The van der Waals surface area contributed by atoms with E-state index in [9.17, 15) is 9.59 Å². The van der Waals surface area contributed by atoms with Crippen molar-refractivity contribution >= 4 is 61.5 Å². The Labute approximate surface area is 291 Å². The van der Waals surface area contributed by atoms with Crippen molar-refractivity contribution in [3.63, 3.8) is 0 Å². The lowest BCUT2D eigenvalue weighted by atomic mass is 9.89. The standard InChI is InChI=1S/C38H36BrN3O5S/c1-6-41(7-2)28-22-30(46-5)25(20-27(28)39)21-31-36(43)42-35(32-26-17-13-12-14-23(26)18-19-29(32)45-4)33(37(44)47-8-3)34(40-38(42)48-31)24-15-10-9-11-16-24/h9-22,35H,6-8H2,1-5H3/t35-/m0/s1.